The van der Waals surface area contributed by atoms with Crippen LogP contribution in [0.25, 0.3) is 0 Å². The maximum atomic E-state index is 12.6. The van der Waals surface area contributed by atoms with Crippen LogP contribution in [0.4, 0.5) is 0 Å². The van der Waals surface area contributed by atoms with Crippen molar-refractivity contribution in [2.24, 2.45) is 0 Å². The lowest BCUT2D eigenvalue weighted by Crippen LogP contribution is -2.50. The summed E-state index contributed by atoms with van der Waals surface area (Å²) in [6.07, 6.45) is 2.86. The van der Waals surface area contributed by atoms with E-state index in [4.69, 9.17) is 9.47 Å². The van der Waals surface area contributed by atoms with Crippen LogP contribution in [0, 0.1) is 0 Å². The van der Waals surface area contributed by atoms with E-state index < -0.39 is 0 Å². The predicted molar refractivity (Wildman–Crippen MR) is 109 cm³/mol. The van der Waals surface area contributed by atoms with E-state index in [1.54, 1.807) is 14.2 Å². The molecule has 1 spiro atoms. The molecule has 0 saturated carbocycles. The summed E-state index contributed by atoms with van der Waals surface area (Å²) in [6.45, 7) is 2.75. The smallest absolute Gasteiger partial charge is 0.228 e. The minimum Gasteiger partial charge on any atom is -0.493 e. The third kappa shape index (κ3) is 3.59. The number of benzene rings is 2. The Bertz CT molecular complexity index is 829. The van der Waals surface area contributed by atoms with Gasteiger partial charge >= 0.3 is 0 Å². The lowest BCUT2D eigenvalue weighted by atomic mass is 9.82. The highest BCUT2D eigenvalue weighted by molar-refractivity contribution is 5.87. The molecule has 4 rings (SSSR count). The van der Waals surface area contributed by atoms with Crippen molar-refractivity contribution in [3.05, 3.63) is 59.7 Å². The zero-order chi connectivity index (χ0) is 19.6. The van der Waals surface area contributed by atoms with Crippen LogP contribution < -0.4 is 14.8 Å². The van der Waals surface area contributed by atoms with Crippen LogP contribution in [0.3, 0.4) is 0 Å². The fourth-order valence-corrected chi connectivity index (χ4v) is 4.62. The number of methoxy groups -OCH3 is 2. The van der Waals surface area contributed by atoms with E-state index in [2.05, 4.69) is 28.4 Å². The predicted octanol–water partition coefficient (Wildman–Crippen LogP) is 3.34. The maximum absolute atomic E-state index is 12.6. The molecule has 0 bridgehead atoms. The lowest BCUT2D eigenvalue weighted by molar-refractivity contribution is -0.121. The molecule has 2 aliphatic heterocycles. The minimum atomic E-state index is -0.0629. The Morgan fingerprint density at radius 3 is 2.46 bits per heavy atom. The van der Waals surface area contributed by atoms with Gasteiger partial charge in [0.15, 0.2) is 11.5 Å². The summed E-state index contributed by atoms with van der Waals surface area (Å²) in [5.41, 5.74) is 2.20. The van der Waals surface area contributed by atoms with E-state index in [0.717, 1.165) is 61.5 Å². The van der Waals surface area contributed by atoms with Gasteiger partial charge in [0.05, 0.1) is 20.1 Å². The summed E-state index contributed by atoms with van der Waals surface area (Å²) in [7, 11) is 3.35. The number of ether oxygens (including phenoxy) is 2. The SMILES string of the molecule is COc1cccc(CN2CCC3(CC2)C[C@@H](c2ccccc2)C(=O)N3)c1OC. The first-order valence-electron chi connectivity index (χ1n) is 9.93. The number of likely N-dealkylation sites (tertiary alicyclic amines) is 1. The highest BCUT2D eigenvalue weighted by Gasteiger charge is 2.46. The van der Waals surface area contributed by atoms with Gasteiger partial charge in [-0.2, -0.15) is 0 Å². The molecule has 2 aliphatic rings. The number of hydrogen-bond acceptors (Lipinski definition) is 4. The van der Waals surface area contributed by atoms with Gasteiger partial charge in [-0.1, -0.05) is 42.5 Å². The first kappa shape index (κ1) is 18.8. The minimum absolute atomic E-state index is 0.0220. The van der Waals surface area contributed by atoms with Gasteiger partial charge in [-0.3, -0.25) is 9.69 Å². The topological polar surface area (TPSA) is 50.8 Å². The first-order valence-corrected chi connectivity index (χ1v) is 9.93. The molecule has 0 aromatic heterocycles. The highest BCUT2D eigenvalue weighted by Crippen LogP contribution is 2.40. The van der Waals surface area contributed by atoms with Crippen molar-refractivity contribution < 1.29 is 14.3 Å². The fourth-order valence-electron chi connectivity index (χ4n) is 4.62. The van der Waals surface area contributed by atoms with E-state index in [9.17, 15) is 4.79 Å². The van der Waals surface area contributed by atoms with E-state index in [-0.39, 0.29) is 17.4 Å². The van der Waals surface area contributed by atoms with Crippen LogP contribution in [0.5, 0.6) is 11.5 Å². The second-order valence-corrected chi connectivity index (χ2v) is 7.87. The van der Waals surface area contributed by atoms with Gasteiger partial charge in [0, 0.05) is 30.7 Å². The van der Waals surface area contributed by atoms with Crippen molar-refractivity contribution in [2.75, 3.05) is 27.3 Å². The summed E-state index contributed by atoms with van der Waals surface area (Å²) < 4.78 is 11.0. The maximum Gasteiger partial charge on any atom is 0.228 e. The second kappa shape index (κ2) is 7.84. The number of nitrogens with zero attached hydrogens (tertiary/aromatic N) is 1. The van der Waals surface area contributed by atoms with Crippen LogP contribution in [0.1, 0.15) is 36.3 Å². The van der Waals surface area contributed by atoms with Gasteiger partial charge in [-0.25, -0.2) is 0 Å². The largest absolute Gasteiger partial charge is 0.493 e. The summed E-state index contributed by atoms with van der Waals surface area (Å²) in [6, 6.07) is 16.2. The third-order valence-electron chi connectivity index (χ3n) is 6.19. The zero-order valence-electron chi connectivity index (χ0n) is 16.6. The molecule has 2 heterocycles. The van der Waals surface area contributed by atoms with Crippen LogP contribution in [-0.2, 0) is 11.3 Å². The number of carbonyl (C=O) groups excluding carboxylic acids is 1. The molecule has 5 heteroatoms. The van der Waals surface area contributed by atoms with Gasteiger partial charge in [-0.05, 0) is 30.9 Å². The van der Waals surface area contributed by atoms with Crippen molar-refractivity contribution in [3.8, 4) is 11.5 Å². The Hall–Kier alpha value is -2.53. The molecule has 0 radical (unpaired) electrons. The summed E-state index contributed by atoms with van der Waals surface area (Å²) in [4.78, 5) is 15.1. The quantitative estimate of drug-likeness (QED) is 0.864. The zero-order valence-corrected chi connectivity index (χ0v) is 16.6. The molecular weight excluding hydrogens is 352 g/mol. The average molecular weight is 380 g/mol. The Labute approximate surface area is 166 Å². The van der Waals surface area contributed by atoms with E-state index in [1.165, 1.54) is 0 Å². The van der Waals surface area contributed by atoms with Crippen molar-refractivity contribution in [2.45, 2.75) is 37.3 Å². The van der Waals surface area contributed by atoms with E-state index in [1.807, 2.05) is 30.3 Å². The normalized spacial score (nSPS) is 21.5. The number of carbonyl (C=O) groups is 1. The van der Waals surface area contributed by atoms with Gasteiger partial charge in [0.25, 0.3) is 0 Å². The molecule has 5 nitrogen and oxygen atoms in total. The summed E-state index contributed by atoms with van der Waals surface area (Å²) in [5, 5.41) is 3.33. The molecule has 1 amide bonds. The van der Waals surface area contributed by atoms with E-state index >= 15 is 0 Å². The number of amides is 1. The van der Waals surface area contributed by atoms with Crippen molar-refractivity contribution in [1.82, 2.24) is 10.2 Å². The Morgan fingerprint density at radius 2 is 1.79 bits per heavy atom. The van der Waals surface area contributed by atoms with Gasteiger partial charge in [0.1, 0.15) is 0 Å². The van der Waals surface area contributed by atoms with Crippen LogP contribution >= 0.6 is 0 Å². The van der Waals surface area contributed by atoms with Crippen LogP contribution in [0.15, 0.2) is 48.5 Å². The standard InChI is InChI=1S/C23H28N2O3/c1-27-20-10-6-9-18(21(20)28-2)16-25-13-11-23(12-14-25)15-19(22(26)24-23)17-7-4-3-5-8-17/h3-10,19H,11-16H2,1-2H3,(H,24,26)/t19-/m0/s1. The number of nitrogens with one attached hydrogen (secondary N) is 1. The molecule has 2 aromatic carbocycles. The molecular formula is C23H28N2O3. The molecule has 0 unspecified atom stereocenters. The summed E-state index contributed by atoms with van der Waals surface area (Å²) >= 11 is 0. The number of piperidine rings is 1. The van der Waals surface area contributed by atoms with Gasteiger partial charge in [0.2, 0.25) is 5.91 Å². The lowest BCUT2D eigenvalue weighted by Gasteiger charge is -2.39. The van der Waals surface area contributed by atoms with Crippen LogP contribution in [-0.4, -0.2) is 43.7 Å². The summed E-state index contributed by atoms with van der Waals surface area (Å²) in [5.74, 6) is 1.73. The first-order chi connectivity index (χ1) is 13.6. The van der Waals surface area contributed by atoms with Crippen molar-refractivity contribution >= 4 is 5.91 Å². The number of rotatable bonds is 5. The molecule has 148 valence electrons. The third-order valence-corrected chi connectivity index (χ3v) is 6.19. The van der Waals surface area contributed by atoms with Gasteiger partial charge < -0.3 is 14.8 Å². The molecule has 0 aliphatic carbocycles. The average Bonchev–Trinajstić information content (AvgIpc) is 3.06. The fraction of sp³-hybridized carbons (Fsp3) is 0.435. The van der Waals surface area contributed by atoms with Crippen molar-refractivity contribution in [1.29, 1.82) is 0 Å². The Morgan fingerprint density at radius 1 is 1.04 bits per heavy atom. The number of para-hydroxylation sites is 1. The molecule has 28 heavy (non-hydrogen) atoms. The van der Waals surface area contributed by atoms with Gasteiger partial charge in [-0.15, -0.1) is 0 Å². The monoisotopic (exact) mass is 380 g/mol. The second-order valence-electron chi connectivity index (χ2n) is 7.87. The molecule has 2 fully saturated rings. The van der Waals surface area contributed by atoms with Crippen molar-refractivity contribution in [3.63, 3.8) is 0 Å². The molecule has 2 saturated heterocycles. The Kier molecular flexibility index (Phi) is 5.27. The van der Waals surface area contributed by atoms with Crippen LogP contribution in [0.2, 0.25) is 0 Å². The highest BCUT2D eigenvalue weighted by atomic mass is 16.5. The number of hydrogen-bond donors (Lipinski definition) is 1. The van der Waals surface area contributed by atoms with E-state index in [0.29, 0.717) is 0 Å². The molecule has 1 N–H and O–H groups in total. The molecule has 2 aromatic rings. The Balaban J connectivity index is 1.41. The molecule has 1 atom stereocenters.